The second kappa shape index (κ2) is 12.4. The number of methoxy groups -OCH3 is 1. The summed E-state index contributed by atoms with van der Waals surface area (Å²) >= 11 is 11.7. The minimum Gasteiger partial charge on any atom is -0.493 e. The van der Waals surface area contributed by atoms with Crippen LogP contribution in [0.5, 0.6) is 11.5 Å². The van der Waals surface area contributed by atoms with Crippen LogP contribution in [-0.2, 0) is 17.9 Å². The summed E-state index contributed by atoms with van der Waals surface area (Å²) in [5.41, 5.74) is 0.943. The number of para-hydroxylation sites is 2. The van der Waals surface area contributed by atoms with Crippen LogP contribution < -0.4 is 14.8 Å². The number of benzene rings is 2. The van der Waals surface area contributed by atoms with Gasteiger partial charge in [0.25, 0.3) is 0 Å². The maximum atomic E-state index is 12.3. The molecule has 0 spiro atoms. The summed E-state index contributed by atoms with van der Waals surface area (Å²) in [6.45, 7) is 4.05. The minimum atomic E-state index is -0.0864. The average molecular weight is 489 g/mol. The van der Waals surface area contributed by atoms with Gasteiger partial charge in [0.05, 0.1) is 20.2 Å². The monoisotopic (exact) mass is 488 g/mol. The van der Waals surface area contributed by atoms with Crippen LogP contribution in [0.25, 0.3) is 11.4 Å². The molecule has 0 bridgehead atoms. The first-order valence-electron chi connectivity index (χ1n) is 11.0. The first kappa shape index (κ1) is 24.8. The third kappa shape index (κ3) is 6.82. The van der Waals surface area contributed by atoms with Gasteiger partial charge in [-0.25, -0.2) is 4.68 Å². The van der Waals surface area contributed by atoms with E-state index in [9.17, 15) is 4.79 Å². The molecule has 0 saturated carbocycles. The van der Waals surface area contributed by atoms with Crippen LogP contribution in [0, 0.1) is 4.77 Å². The van der Waals surface area contributed by atoms with E-state index in [1.165, 1.54) is 0 Å². The van der Waals surface area contributed by atoms with Gasteiger partial charge in [0.15, 0.2) is 22.1 Å². The highest BCUT2D eigenvalue weighted by Crippen LogP contribution is 2.25. The highest BCUT2D eigenvalue weighted by molar-refractivity contribution is 7.71. The first-order valence-corrected chi connectivity index (χ1v) is 11.8. The molecule has 3 aromatic rings. The second-order valence-corrected chi connectivity index (χ2v) is 8.24. The number of hydrogen-bond acceptors (Lipinski definition) is 5. The molecule has 1 amide bonds. The molecule has 176 valence electrons. The quantitative estimate of drug-likeness (QED) is 0.283. The van der Waals surface area contributed by atoms with Gasteiger partial charge in [0.1, 0.15) is 6.61 Å². The molecule has 0 atom stereocenters. The number of unbranched alkanes of at least 4 members (excludes halogenated alkanes) is 1. The Kier molecular flexibility index (Phi) is 9.33. The van der Waals surface area contributed by atoms with Gasteiger partial charge in [-0.1, -0.05) is 37.1 Å². The van der Waals surface area contributed by atoms with Crippen LogP contribution in [0.15, 0.2) is 48.5 Å². The highest BCUT2D eigenvalue weighted by atomic mass is 35.5. The van der Waals surface area contributed by atoms with Crippen molar-refractivity contribution < 1.29 is 14.3 Å². The van der Waals surface area contributed by atoms with Gasteiger partial charge in [-0.3, -0.25) is 9.36 Å². The third-order valence-corrected chi connectivity index (χ3v) is 5.75. The van der Waals surface area contributed by atoms with Crippen LogP contribution in [0.4, 0.5) is 0 Å². The number of carbonyl (C=O) groups is 1. The Hall–Kier alpha value is -2.84. The van der Waals surface area contributed by atoms with Gasteiger partial charge in [-0.15, -0.1) is 0 Å². The number of nitrogens with zero attached hydrogens (tertiary/aromatic N) is 3. The van der Waals surface area contributed by atoms with Crippen LogP contribution >= 0.6 is 23.8 Å². The standard InChI is InChI=1S/C24H29ClN4O3S/c1-3-4-15-28-23(18-9-11-19(25)12-10-18)27-29(24(28)33)16-13-22(30)26-14-17-32-21-8-6-5-7-20(21)31-2/h5-12H,3-4,13-17H2,1-2H3,(H,26,30). The van der Waals surface area contributed by atoms with E-state index < -0.39 is 0 Å². The van der Waals surface area contributed by atoms with E-state index in [1.807, 2.05) is 53.1 Å². The van der Waals surface area contributed by atoms with E-state index in [-0.39, 0.29) is 12.3 Å². The Labute approximate surface area is 204 Å². The maximum absolute atomic E-state index is 12.3. The molecule has 1 aromatic heterocycles. The Morgan fingerprint density at radius 3 is 2.55 bits per heavy atom. The molecule has 0 aliphatic carbocycles. The van der Waals surface area contributed by atoms with Crippen molar-refractivity contribution in [3.8, 4) is 22.9 Å². The predicted molar refractivity (Wildman–Crippen MR) is 133 cm³/mol. The summed E-state index contributed by atoms with van der Waals surface area (Å²) in [5.74, 6) is 2.01. The Bertz CT molecular complexity index is 1110. The minimum absolute atomic E-state index is 0.0864. The molecule has 33 heavy (non-hydrogen) atoms. The number of halogens is 1. The zero-order chi connectivity index (χ0) is 23.6. The number of carbonyl (C=O) groups excluding carboxylic acids is 1. The number of aromatic nitrogens is 3. The van der Waals surface area contributed by atoms with Crippen molar-refractivity contribution in [2.24, 2.45) is 0 Å². The summed E-state index contributed by atoms with van der Waals surface area (Å²) in [6.07, 6.45) is 2.31. The van der Waals surface area contributed by atoms with E-state index in [4.69, 9.17) is 38.4 Å². The van der Waals surface area contributed by atoms with Crippen molar-refractivity contribution in [3.05, 3.63) is 58.3 Å². The Balaban J connectivity index is 1.57. The zero-order valence-corrected chi connectivity index (χ0v) is 20.5. The molecule has 0 aliphatic rings. The number of ether oxygens (including phenoxy) is 2. The molecule has 0 saturated heterocycles. The van der Waals surface area contributed by atoms with Crippen LogP contribution in [0.3, 0.4) is 0 Å². The van der Waals surface area contributed by atoms with Gasteiger partial charge in [0, 0.05) is 23.6 Å². The summed E-state index contributed by atoms with van der Waals surface area (Å²) in [7, 11) is 1.59. The lowest BCUT2D eigenvalue weighted by molar-refractivity contribution is -0.121. The predicted octanol–water partition coefficient (Wildman–Crippen LogP) is 5.13. The summed E-state index contributed by atoms with van der Waals surface area (Å²) in [5, 5.41) is 8.25. The van der Waals surface area contributed by atoms with Crippen molar-refractivity contribution in [2.75, 3.05) is 20.3 Å². The van der Waals surface area contributed by atoms with E-state index >= 15 is 0 Å². The SMILES string of the molecule is CCCCn1c(-c2ccc(Cl)cc2)nn(CCC(=O)NCCOc2ccccc2OC)c1=S. The second-order valence-electron chi connectivity index (χ2n) is 7.44. The number of nitrogens with one attached hydrogen (secondary N) is 1. The van der Waals surface area contributed by atoms with Gasteiger partial charge in [0.2, 0.25) is 5.91 Å². The molecular formula is C24H29ClN4O3S. The lowest BCUT2D eigenvalue weighted by atomic mass is 10.2. The summed E-state index contributed by atoms with van der Waals surface area (Å²) < 4.78 is 15.3. The molecular weight excluding hydrogens is 460 g/mol. The topological polar surface area (TPSA) is 70.3 Å². The van der Waals surface area contributed by atoms with Gasteiger partial charge in [-0.2, -0.15) is 5.10 Å². The van der Waals surface area contributed by atoms with Crippen molar-refractivity contribution in [1.82, 2.24) is 19.7 Å². The lowest BCUT2D eigenvalue weighted by Crippen LogP contribution is -2.29. The van der Waals surface area contributed by atoms with Gasteiger partial charge < -0.3 is 14.8 Å². The van der Waals surface area contributed by atoms with E-state index in [1.54, 1.807) is 11.8 Å². The number of hydrogen-bond donors (Lipinski definition) is 1. The molecule has 1 N–H and O–H groups in total. The Morgan fingerprint density at radius 2 is 1.85 bits per heavy atom. The highest BCUT2D eigenvalue weighted by Gasteiger charge is 2.14. The third-order valence-electron chi connectivity index (χ3n) is 5.06. The molecule has 3 rings (SSSR count). The summed E-state index contributed by atoms with van der Waals surface area (Å²) in [6, 6.07) is 14.9. The van der Waals surface area contributed by atoms with Crippen LogP contribution in [-0.4, -0.2) is 40.5 Å². The fraction of sp³-hybridized carbons (Fsp3) is 0.375. The fourth-order valence-electron chi connectivity index (χ4n) is 3.30. The van der Waals surface area contributed by atoms with Crippen LogP contribution in [0.1, 0.15) is 26.2 Å². The molecule has 7 nitrogen and oxygen atoms in total. The van der Waals surface area contributed by atoms with Crippen molar-refractivity contribution in [2.45, 2.75) is 39.3 Å². The number of aryl methyl sites for hydroxylation is 1. The fourth-order valence-corrected chi connectivity index (χ4v) is 3.74. The van der Waals surface area contributed by atoms with Gasteiger partial charge >= 0.3 is 0 Å². The normalized spacial score (nSPS) is 10.8. The number of amides is 1. The molecule has 0 radical (unpaired) electrons. The molecule has 0 aliphatic heterocycles. The average Bonchev–Trinajstić information content (AvgIpc) is 3.14. The van der Waals surface area contributed by atoms with Crippen LogP contribution in [0.2, 0.25) is 5.02 Å². The summed E-state index contributed by atoms with van der Waals surface area (Å²) in [4.78, 5) is 12.3. The van der Waals surface area contributed by atoms with Crippen molar-refractivity contribution in [3.63, 3.8) is 0 Å². The molecule has 0 fully saturated rings. The molecule has 0 unspecified atom stereocenters. The maximum Gasteiger partial charge on any atom is 0.221 e. The van der Waals surface area contributed by atoms with E-state index in [2.05, 4.69) is 12.2 Å². The largest absolute Gasteiger partial charge is 0.493 e. The smallest absolute Gasteiger partial charge is 0.221 e. The Morgan fingerprint density at radius 1 is 1.12 bits per heavy atom. The molecule has 1 heterocycles. The first-order chi connectivity index (χ1) is 16.0. The zero-order valence-electron chi connectivity index (χ0n) is 18.9. The molecule has 2 aromatic carbocycles. The van der Waals surface area contributed by atoms with Gasteiger partial charge in [-0.05, 0) is 55.0 Å². The van der Waals surface area contributed by atoms with Crippen molar-refractivity contribution >= 4 is 29.7 Å². The van der Waals surface area contributed by atoms with Crippen molar-refractivity contribution in [1.29, 1.82) is 0 Å². The molecule has 9 heteroatoms. The lowest BCUT2D eigenvalue weighted by Gasteiger charge is -2.10. The van der Waals surface area contributed by atoms with E-state index in [0.717, 1.165) is 30.8 Å². The van der Waals surface area contributed by atoms with E-state index in [0.29, 0.717) is 41.0 Å². The number of rotatable bonds is 12.